The van der Waals surface area contributed by atoms with Crippen LogP contribution in [0.15, 0.2) is 30.3 Å². The standard InChI is InChI=1S/C13H20NO5P/c1-17-20(16,18-2)12(14)8-9-13(15)19-10-11-6-4-3-5-7-11/h3-7,12H,8-10,14H2,1-2H3. The predicted octanol–water partition coefficient (Wildman–Crippen LogP) is 2.28. The van der Waals surface area contributed by atoms with Gasteiger partial charge in [0.05, 0.1) is 0 Å². The van der Waals surface area contributed by atoms with Crippen molar-refractivity contribution >= 4 is 13.6 Å². The van der Waals surface area contributed by atoms with Crippen molar-refractivity contribution in [3.63, 3.8) is 0 Å². The van der Waals surface area contributed by atoms with Crippen molar-refractivity contribution in [2.75, 3.05) is 14.2 Å². The molecule has 0 saturated carbocycles. The van der Waals surface area contributed by atoms with E-state index in [4.69, 9.17) is 19.5 Å². The molecule has 1 aromatic rings. The highest BCUT2D eigenvalue weighted by Gasteiger charge is 2.30. The Hall–Kier alpha value is -1.20. The van der Waals surface area contributed by atoms with Crippen molar-refractivity contribution in [3.05, 3.63) is 35.9 Å². The smallest absolute Gasteiger partial charge is 0.346 e. The zero-order chi connectivity index (χ0) is 15.0. The number of ether oxygens (including phenoxy) is 1. The lowest BCUT2D eigenvalue weighted by Crippen LogP contribution is -2.23. The topological polar surface area (TPSA) is 87.9 Å². The largest absolute Gasteiger partial charge is 0.461 e. The molecule has 0 spiro atoms. The van der Waals surface area contributed by atoms with E-state index in [-0.39, 0.29) is 19.4 Å². The fraction of sp³-hybridized carbons (Fsp3) is 0.462. The van der Waals surface area contributed by atoms with Crippen molar-refractivity contribution in [1.82, 2.24) is 0 Å². The molecule has 0 aromatic heterocycles. The van der Waals surface area contributed by atoms with Gasteiger partial charge in [-0.05, 0) is 12.0 Å². The summed E-state index contributed by atoms with van der Waals surface area (Å²) in [5.41, 5.74) is 6.61. The zero-order valence-electron chi connectivity index (χ0n) is 11.7. The Balaban J connectivity index is 2.35. The Morgan fingerprint density at radius 1 is 1.25 bits per heavy atom. The average molecular weight is 301 g/mol. The Morgan fingerprint density at radius 2 is 1.85 bits per heavy atom. The van der Waals surface area contributed by atoms with Gasteiger partial charge in [-0.3, -0.25) is 9.36 Å². The minimum Gasteiger partial charge on any atom is -0.461 e. The lowest BCUT2D eigenvalue weighted by Gasteiger charge is -2.20. The van der Waals surface area contributed by atoms with Gasteiger partial charge in [-0.15, -0.1) is 0 Å². The molecule has 0 fully saturated rings. The number of carbonyl (C=O) groups excluding carboxylic acids is 1. The molecule has 1 aromatic carbocycles. The van der Waals surface area contributed by atoms with Crippen LogP contribution in [0.4, 0.5) is 0 Å². The lowest BCUT2D eigenvalue weighted by molar-refractivity contribution is -0.145. The highest BCUT2D eigenvalue weighted by Crippen LogP contribution is 2.50. The van der Waals surface area contributed by atoms with Gasteiger partial charge in [0.25, 0.3) is 0 Å². The van der Waals surface area contributed by atoms with Gasteiger partial charge in [-0.2, -0.15) is 0 Å². The van der Waals surface area contributed by atoms with Gasteiger partial charge in [0.2, 0.25) is 0 Å². The summed E-state index contributed by atoms with van der Waals surface area (Å²) in [5, 5.41) is 0. The Kier molecular flexibility index (Phi) is 6.88. The molecule has 6 nitrogen and oxygen atoms in total. The molecule has 1 rings (SSSR count). The van der Waals surface area contributed by atoms with E-state index in [0.717, 1.165) is 5.56 Å². The summed E-state index contributed by atoms with van der Waals surface area (Å²) in [6.07, 6.45) is 0.233. The summed E-state index contributed by atoms with van der Waals surface area (Å²) in [4.78, 5) is 11.6. The van der Waals surface area contributed by atoms with Gasteiger partial charge < -0.3 is 19.5 Å². The van der Waals surface area contributed by atoms with Gasteiger partial charge in [-0.25, -0.2) is 0 Å². The van der Waals surface area contributed by atoms with E-state index in [9.17, 15) is 9.36 Å². The van der Waals surface area contributed by atoms with Crippen molar-refractivity contribution in [3.8, 4) is 0 Å². The summed E-state index contributed by atoms with van der Waals surface area (Å²) in [5.74, 6) is -1.25. The Bertz CT molecular complexity index is 457. The molecule has 0 amide bonds. The highest BCUT2D eigenvalue weighted by molar-refractivity contribution is 7.54. The van der Waals surface area contributed by atoms with E-state index in [2.05, 4.69) is 0 Å². The summed E-state index contributed by atoms with van der Waals surface area (Å²) in [7, 11) is -0.812. The third-order valence-electron chi connectivity index (χ3n) is 2.80. The first-order valence-corrected chi connectivity index (χ1v) is 7.79. The molecule has 0 heterocycles. The van der Waals surface area contributed by atoms with Crippen LogP contribution in [0.2, 0.25) is 0 Å². The monoisotopic (exact) mass is 301 g/mol. The lowest BCUT2D eigenvalue weighted by atomic mass is 10.2. The first-order chi connectivity index (χ1) is 9.51. The van der Waals surface area contributed by atoms with Gasteiger partial charge in [0, 0.05) is 20.6 Å². The molecule has 0 aliphatic heterocycles. The fourth-order valence-corrected chi connectivity index (χ4v) is 2.72. The van der Waals surface area contributed by atoms with Crippen LogP contribution in [0.1, 0.15) is 18.4 Å². The maximum Gasteiger partial charge on any atom is 0.346 e. The van der Waals surface area contributed by atoms with Crippen LogP contribution in [0, 0.1) is 0 Å². The summed E-state index contributed by atoms with van der Waals surface area (Å²) < 4.78 is 26.5. The summed E-state index contributed by atoms with van der Waals surface area (Å²) >= 11 is 0. The first kappa shape index (κ1) is 16.9. The average Bonchev–Trinajstić information content (AvgIpc) is 2.50. The molecular formula is C13H20NO5P. The SMILES string of the molecule is COP(=O)(OC)C(N)CCC(=O)OCc1ccccc1. The second kappa shape index (κ2) is 8.17. The number of rotatable bonds is 8. The van der Waals surface area contributed by atoms with Gasteiger partial charge >= 0.3 is 13.6 Å². The molecule has 7 heteroatoms. The van der Waals surface area contributed by atoms with E-state index in [1.807, 2.05) is 30.3 Å². The Labute approximate surface area is 118 Å². The molecule has 1 atom stereocenters. The second-order valence-corrected chi connectivity index (χ2v) is 6.63. The van der Waals surface area contributed by atoms with Crippen LogP contribution >= 0.6 is 7.60 Å². The van der Waals surface area contributed by atoms with Crippen LogP contribution in [-0.2, 0) is 29.8 Å². The number of esters is 1. The maximum absolute atomic E-state index is 11.9. The number of hydrogen-bond acceptors (Lipinski definition) is 6. The zero-order valence-corrected chi connectivity index (χ0v) is 12.5. The minimum atomic E-state index is -3.34. The molecule has 0 aliphatic carbocycles. The van der Waals surface area contributed by atoms with Crippen LogP contribution in [0.5, 0.6) is 0 Å². The van der Waals surface area contributed by atoms with Crippen LogP contribution in [-0.4, -0.2) is 26.0 Å². The molecule has 20 heavy (non-hydrogen) atoms. The predicted molar refractivity (Wildman–Crippen MR) is 75.1 cm³/mol. The molecule has 0 aliphatic rings. The highest BCUT2D eigenvalue weighted by atomic mass is 31.2. The maximum atomic E-state index is 11.9. The minimum absolute atomic E-state index is 0.0602. The second-order valence-electron chi connectivity index (χ2n) is 4.16. The number of hydrogen-bond donors (Lipinski definition) is 1. The fourth-order valence-electron chi connectivity index (χ4n) is 1.58. The van der Waals surface area contributed by atoms with E-state index in [1.54, 1.807) is 0 Å². The summed E-state index contributed by atoms with van der Waals surface area (Å²) in [6.45, 7) is 0.209. The molecule has 0 radical (unpaired) electrons. The van der Waals surface area contributed by atoms with Gasteiger partial charge in [-0.1, -0.05) is 30.3 Å². The number of nitrogens with two attached hydrogens (primary N) is 1. The van der Waals surface area contributed by atoms with E-state index in [0.29, 0.717) is 0 Å². The normalized spacial score (nSPS) is 12.9. The molecule has 2 N–H and O–H groups in total. The quantitative estimate of drug-likeness (QED) is 0.585. The van der Waals surface area contributed by atoms with E-state index < -0.39 is 19.3 Å². The number of benzene rings is 1. The van der Waals surface area contributed by atoms with E-state index >= 15 is 0 Å². The molecule has 0 saturated heterocycles. The van der Waals surface area contributed by atoms with Crippen molar-refractivity contribution in [2.24, 2.45) is 5.73 Å². The van der Waals surface area contributed by atoms with Gasteiger partial charge in [0.1, 0.15) is 12.4 Å². The van der Waals surface area contributed by atoms with E-state index in [1.165, 1.54) is 14.2 Å². The molecular weight excluding hydrogens is 281 g/mol. The van der Waals surface area contributed by atoms with Crippen LogP contribution in [0.3, 0.4) is 0 Å². The van der Waals surface area contributed by atoms with Crippen molar-refractivity contribution < 1.29 is 23.1 Å². The van der Waals surface area contributed by atoms with Crippen LogP contribution in [0.25, 0.3) is 0 Å². The molecule has 0 bridgehead atoms. The third kappa shape index (κ3) is 5.06. The molecule has 1 unspecified atom stereocenters. The van der Waals surface area contributed by atoms with Gasteiger partial charge in [0.15, 0.2) is 0 Å². The third-order valence-corrected chi connectivity index (χ3v) is 4.89. The summed E-state index contributed by atoms with van der Waals surface area (Å²) in [6, 6.07) is 9.35. The molecule has 112 valence electrons. The van der Waals surface area contributed by atoms with Crippen molar-refractivity contribution in [1.29, 1.82) is 0 Å². The van der Waals surface area contributed by atoms with Crippen molar-refractivity contribution in [2.45, 2.75) is 25.2 Å². The number of carbonyl (C=O) groups is 1. The van der Waals surface area contributed by atoms with Crippen LogP contribution < -0.4 is 5.73 Å². The Morgan fingerprint density at radius 3 is 2.40 bits per heavy atom. The first-order valence-electron chi connectivity index (χ1n) is 6.18.